The van der Waals surface area contributed by atoms with E-state index >= 15 is 0 Å². The van der Waals surface area contributed by atoms with Crippen LogP contribution < -0.4 is 5.32 Å². The second-order valence-electron chi connectivity index (χ2n) is 5.77. The van der Waals surface area contributed by atoms with Gasteiger partial charge in [-0.1, -0.05) is 18.2 Å². The Morgan fingerprint density at radius 1 is 1.29 bits per heavy atom. The van der Waals surface area contributed by atoms with Crippen molar-refractivity contribution in [3.63, 3.8) is 0 Å². The van der Waals surface area contributed by atoms with Crippen molar-refractivity contribution in [3.05, 3.63) is 42.1 Å². The number of carbonyl (C=O) groups excluding carboxylic acids is 2. The Morgan fingerprint density at radius 3 is 2.88 bits per heavy atom. The van der Waals surface area contributed by atoms with Crippen LogP contribution in [0, 0.1) is 0 Å². The van der Waals surface area contributed by atoms with Crippen LogP contribution in [0.2, 0.25) is 0 Å². The molecule has 1 atom stereocenters. The van der Waals surface area contributed by atoms with Gasteiger partial charge in [0, 0.05) is 18.1 Å². The maximum Gasteiger partial charge on any atom is 0.475 e. The molecule has 8 heteroatoms. The molecule has 1 aliphatic heterocycles. The highest BCUT2D eigenvalue weighted by Gasteiger charge is 2.36. The average molecular weight is 327 g/mol. The lowest BCUT2D eigenvalue weighted by Crippen LogP contribution is -2.48. The van der Waals surface area contributed by atoms with Crippen LogP contribution in [0.15, 0.2) is 36.5 Å². The second-order valence-corrected chi connectivity index (χ2v) is 5.77. The van der Waals surface area contributed by atoms with Gasteiger partial charge in [-0.3, -0.25) is 14.6 Å². The third kappa shape index (κ3) is 3.24. The average Bonchev–Trinajstić information content (AvgIpc) is 3.09. The Labute approximate surface area is 139 Å². The summed E-state index contributed by atoms with van der Waals surface area (Å²) >= 11 is 0. The fourth-order valence-corrected chi connectivity index (χ4v) is 3.06. The summed E-state index contributed by atoms with van der Waals surface area (Å²) < 4.78 is 0. The number of aromatic nitrogens is 1. The van der Waals surface area contributed by atoms with Gasteiger partial charge in [0.15, 0.2) is 0 Å². The summed E-state index contributed by atoms with van der Waals surface area (Å²) in [5, 5.41) is 21.9. The van der Waals surface area contributed by atoms with Crippen LogP contribution in [0.1, 0.15) is 23.2 Å². The van der Waals surface area contributed by atoms with E-state index in [1.54, 1.807) is 18.3 Å². The van der Waals surface area contributed by atoms with E-state index in [2.05, 4.69) is 10.3 Å². The van der Waals surface area contributed by atoms with Gasteiger partial charge >= 0.3 is 7.12 Å². The molecule has 0 spiro atoms. The molecule has 7 nitrogen and oxygen atoms in total. The molecule has 1 aliphatic rings. The number of fused-ring (bicyclic) bond motifs is 1. The molecule has 2 heterocycles. The smallest absolute Gasteiger partial charge is 0.426 e. The zero-order chi connectivity index (χ0) is 17.1. The Balaban J connectivity index is 1.68. The number of benzene rings is 1. The molecule has 3 rings (SSSR count). The van der Waals surface area contributed by atoms with Gasteiger partial charge in [0.05, 0.1) is 23.6 Å². The number of hydrogen-bond donors (Lipinski definition) is 3. The van der Waals surface area contributed by atoms with Crippen molar-refractivity contribution in [2.45, 2.75) is 18.8 Å². The molecule has 1 fully saturated rings. The third-order valence-corrected chi connectivity index (χ3v) is 4.26. The van der Waals surface area contributed by atoms with E-state index in [4.69, 9.17) is 0 Å². The molecular formula is C16H18BN3O4. The summed E-state index contributed by atoms with van der Waals surface area (Å²) in [4.78, 5) is 30.2. The van der Waals surface area contributed by atoms with E-state index in [9.17, 15) is 19.6 Å². The monoisotopic (exact) mass is 327 g/mol. The molecular weight excluding hydrogens is 309 g/mol. The van der Waals surface area contributed by atoms with Gasteiger partial charge in [-0.15, -0.1) is 0 Å². The maximum atomic E-state index is 12.4. The van der Waals surface area contributed by atoms with E-state index in [1.165, 1.54) is 4.90 Å². The third-order valence-electron chi connectivity index (χ3n) is 4.26. The number of likely N-dealkylation sites (tertiary alicyclic amines) is 1. The van der Waals surface area contributed by atoms with Gasteiger partial charge in [-0.05, 0) is 25.0 Å². The SMILES string of the molecule is O=C(NCC(=O)N1CCCC1B(O)O)c1ccnc2ccccc12. The van der Waals surface area contributed by atoms with Gasteiger partial charge in [-0.2, -0.15) is 0 Å². The van der Waals surface area contributed by atoms with E-state index < -0.39 is 13.1 Å². The summed E-state index contributed by atoms with van der Waals surface area (Å²) in [6.45, 7) is 0.286. The van der Waals surface area contributed by atoms with E-state index in [-0.39, 0.29) is 18.4 Å². The largest absolute Gasteiger partial charge is 0.475 e. The van der Waals surface area contributed by atoms with E-state index in [1.807, 2.05) is 18.2 Å². The lowest BCUT2D eigenvalue weighted by atomic mass is 9.78. The number of pyridine rings is 1. The standard InChI is InChI=1S/C16H18BN3O4/c21-15(20-9-3-6-14(20)17(23)24)10-19-16(22)12-7-8-18-13-5-2-1-4-11(12)13/h1-2,4-5,7-8,14,23-24H,3,6,9-10H2,(H,19,22). The first-order valence-electron chi connectivity index (χ1n) is 7.85. The normalized spacial score (nSPS) is 17.1. The fraction of sp³-hybridized carbons (Fsp3) is 0.312. The Kier molecular flexibility index (Phi) is 4.77. The lowest BCUT2D eigenvalue weighted by Gasteiger charge is -2.24. The van der Waals surface area contributed by atoms with E-state index in [0.29, 0.717) is 24.0 Å². The van der Waals surface area contributed by atoms with Crippen LogP contribution in [0.3, 0.4) is 0 Å². The summed E-state index contributed by atoms with van der Waals surface area (Å²) in [5.74, 6) is -1.28. The Hall–Kier alpha value is -2.45. The minimum atomic E-state index is -1.56. The molecule has 0 saturated carbocycles. The van der Waals surface area contributed by atoms with Crippen molar-refractivity contribution in [3.8, 4) is 0 Å². The highest BCUT2D eigenvalue weighted by atomic mass is 16.4. The first kappa shape index (κ1) is 16.4. The maximum absolute atomic E-state index is 12.4. The molecule has 1 aromatic carbocycles. The minimum Gasteiger partial charge on any atom is -0.426 e. The van der Waals surface area contributed by atoms with Crippen LogP contribution in [-0.4, -0.2) is 57.9 Å². The number of nitrogens with one attached hydrogen (secondary N) is 1. The quantitative estimate of drug-likeness (QED) is 0.684. The molecule has 3 N–H and O–H groups in total. The van der Waals surface area contributed by atoms with Crippen molar-refractivity contribution in [2.24, 2.45) is 0 Å². The highest BCUT2D eigenvalue weighted by molar-refractivity contribution is 6.43. The molecule has 1 unspecified atom stereocenters. The molecule has 2 amide bonds. The number of rotatable bonds is 4. The van der Waals surface area contributed by atoms with Gasteiger partial charge in [0.1, 0.15) is 0 Å². The minimum absolute atomic E-state index is 0.182. The second kappa shape index (κ2) is 6.98. The fourth-order valence-electron chi connectivity index (χ4n) is 3.06. The van der Waals surface area contributed by atoms with Crippen LogP contribution in [-0.2, 0) is 4.79 Å². The lowest BCUT2D eigenvalue weighted by molar-refractivity contribution is -0.130. The van der Waals surface area contributed by atoms with Crippen molar-refractivity contribution in [1.82, 2.24) is 15.2 Å². The van der Waals surface area contributed by atoms with Gasteiger partial charge in [0.2, 0.25) is 5.91 Å². The van der Waals surface area contributed by atoms with Gasteiger partial charge in [0.25, 0.3) is 5.91 Å². The highest BCUT2D eigenvalue weighted by Crippen LogP contribution is 2.18. The first-order valence-corrected chi connectivity index (χ1v) is 7.85. The summed E-state index contributed by atoms with van der Waals surface area (Å²) in [7, 11) is -1.56. The van der Waals surface area contributed by atoms with Crippen LogP contribution >= 0.6 is 0 Å². The van der Waals surface area contributed by atoms with Gasteiger partial charge < -0.3 is 20.3 Å². The predicted octanol–water partition coefficient (Wildman–Crippen LogP) is -0.0324. The van der Waals surface area contributed by atoms with Crippen molar-refractivity contribution in [1.29, 1.82) is 0 Å². The molecule has 2 aromatic rings. The summed E-state index contributed by atoms with van der Waals surface area (Å²) in [5.41, 5.74) is 1.16. The Bertz CT molecular complexity index is 763. The van der Waals surface area contributed by atoms with Crippen molar-refractivity contribution in [2.75, 3.05) is 13.1 Å². The number of hydrogen-bond acceptors (Lipinski definition) is 5. The van der Waals surface area contributed by atoms with Crippen molar-refractivity contribution >= 4 is 29.8 Å². The zero-order valence-corrected chi connectivity index (χ0v) is 13.1. The summed E-state index contributed by atoms with van der Waals surface area (Å²) in [6.07, 6.45) is 2.82. The molecule has 0 aliphatic carbocycles. The first-order chi connectivity index (χ1) is 11.6. The molecule has 0 radical (unpaired) electrons. The molecule has 124 valence electrons. The number of nitrogens with zero attached hydrogens (tertiary/aromatic N) is 2. The topological polar surface area (TPSA) is 103 Å². The Morgan fingerprint density at radius 2 is 2.08 bits per heavy atom. The van der Waals surface area contributed by atoms with Crippen LogP contribution in [0.5, 0.6) is 0 Å². The molecule has 24 heavy (non-hydrogen) atoms. The molecule has 0 bridgehead atoms. The predicted molar refractivity (Wildman–Crippen MR) is 89.0 cm³/mol. The number of para-hydroxylation sites is 1. The summed E-state index contributed by atoms with van der Waals surface area (Å²) in [6, 6.07) is 8.89. The number of amides is 2. The van der Waals surface area contributed by atoms with Crippen LogP contribution in [0.25, 0.3) is 10.9 Å². The zero-order valence-electron chi connectivity index (χ0n) is 13.1. The van der Waals surface area contributed by atoms with E-state index in [0.717, 1.165) is 11.8 Å². The number of carbonyl (C=O) groups is 2. The molecule has 1 aromatic heterocycles. The van der Waals surface area contributed by atoms with Crippen molar-refractivity contribution < 1.29 is 19.6 Å². The molecule has 1 saturated heterocycles. The van der Waals surface area contributed by atoms with Crippen LogP contribution in [0.4, 0.5) is 0 Å². The van der Waals surface area contributed by atoms with Gasteiger partial charge in [-0.25, -0.2) is 0 Å².